The zero-order valence-corrected chi connectivity index (χ0v) is 9.18. The van der Waals surface area contributed by atoms with Crippen molar-refractivity contribution in [2.75, 3.05) is 0 Å². The summed E-state index contributed by atoms with van der Waals surface area (Å²) in [5, 5.41) is 0. The predicted octanol–water partition coefficient (Wildman–Crippen LogP) is 2.78. The Morgan fingerprint density at radius 3 is 1.85 bits per heavy atom. The zero-order valence-electron chi connectivity index (χ0n) is 9.18. The highest BCUT2D eigenvalue weighted by atomic mass is 14.9. The smallest absolute Gasteiger partial charge is 0.131 e. The Morgan fingerprint density at radius 2 is 1.54 bits per heavy atom. The van der Waals surface area contributed by atoms with Crippen molar-refractivity contribution in [1.29, 1.82) is 0 Å². The monoisotopic (exact) mass is 178 g/mol. The van der Waals surface area contributed by atoms with Crippen LogP contribution in [0, 0.1) is 13.8 Å². The van der Waals surface area contributed by atoms with E-state index in [1.54, 1.807) is 0 Å². The predicted molar refractivity (Wildman–Crippen MR) is 55.0 cm³/mol. The number of hydrogen-bond acceptors (Lipinski definition) is 2. The molecule has 0 fully saturated rings. The Bertz CT molecular complexity index is 280. The normalized spacial score (nSPS) is 10.9. The lowest BCUT2D eigenvalue weighted by Crippen LogP contribution is -2.05. The van der Waals surface area contributed by atoms with E-state index < -0.39 is 0 Å². The summed E-state index contributed by atoms with van der Waals surface area (Å²) in [4.78, 5) is 8.99. The molecule has 0 saturated carbocycles. The first-order valence-corrected chi connectivity index (χ1v) is 4.90. The molecule has 0 unspecified atom stereocenters. The molecule has 0 aliphatic rings. The second-order valence-electron chi connectivity index (χ2n) is 3.74. The van der Waals surface area contributed by atoms with Crippen LogP contribution >= 0.6 is 0 Å². The molecule has 1 heterocycles. The van der Waals surface area contributed by atoms with Gasteiger partial charge in [-0.3, -0.25) is 0 Å². The van der Waals surface area contributed by atoms with Crippen molar-refractivity contribution < 1.29 is 0 Å². The molecule has 72 valence electrons. The molecule has 0 aliphatic heterocycles. The minimum atomic E-state index is 0.420. The number of aryl methyl sites for hydroxylation is 2. The first kappa shape index (κ1) is 10.2. The summed E-state index contributed by atoms with van der Waals surface area (Å²) >= 11 is 0. The van der Waals surface area contributed by atoms with E-state index in [0.717, 1.165) is 23.6 Å². The summed E-state index contributed by atoms with van der Waals surface area (Å²) in [5.41, 5.74) is 3.57. The van der Waals surface area contributed by atoms with Crippen LogP contribution in [-0.4, -0.2) is 9.97 Å². The summed E-state index contributed by atoms with van der Waals surface area (Å²) in [5.74, 6) is 1.38. The van der Waals surface area contributed by atoms with Crippen molar-refractivity contribution >= 4 is 0 Å². The van der Waals surface area contributed by atoms with Crippen LogP contribution in [0.1, 0.15) is 49.5 Å². The van der Waals surface area contributed by atoms with Gasteiger partial charge in [0, 0.05) is 17.3 Å². The van der Waals surface area contributed by atoms with Crippen molar-refractivity contribution in [2.24, 2.45) is 0 Å². The maximum atomic E-state index is 4.49. The fraction of sp³-hybridized carbons (Fsp3) is 0.636. The third-order valence-corrected chi connectivity index (χ3v) is 2.31. The lowest BCUT2D eigenvalue weighted by molar-refractivity contribution is 0.748. The number of hydrogen-bond donors (Lipinski definition) is 0. The van der Waals surface area contributed by atoms with Crippen LogP contribution in [-0.2, 0) is 6.42 Å². The van der Waals surface area contributed by atoms with E-state index in [-0.39, 0.29) is 0 Å². The summed E-state index contributed by atoms with van der Waals surface area (Å²) in [6, 6.07) is 0. The van der Waals surface area contributed by atoms with E-state index in [0.29, 0.717) is 5.92 Å². The molecule has 1 aromatic heterocycles. The van der Waals surface area contributed by atoms with E-state index in [1.165, 1.54) is 5.56 Å². The van der Waals surface area contributed by atoms with Gasteiger partial charge in [0.25, 0.3) is 0 Å². The second kappa shape index (κ2) is 3.86. The first-order chi connectivity index (χ1) is 6.06. The van der Waals surface area contributed by atoms with Gasteiger partial charge in [0.05, 0.1) is 0 Å². The standard InChI is InChI=1S/C11H18N2/c1-6-10-8(4)12-11(7(2)3)13-9(10)5/h7H,6H2,1-5H3. The number of aromatic nitrogens is 2. The largest absolute Gasteiger partial charge is 0.238 e. The first-order valence-electron chi connectivity index (χ1n) is 4.90. The Kier molecular flexibility index (Phi) is 3.02. The molecule has 2 heteroatoms. The van der Waals surface area contributed by atoms with Gasteiger partial charge in [-0.15, -0.1) is 0 Å². The molecule has 0 radical (unpaired) electrons. The highest BCUT2D eigenvalue weighted by Crippen LogP contribution is 2.15. The van der Waals surface area contributed by atoms with Gasteiger partial charge in [0.15, 0.2) is 0 Å². The Hall–Kier alpha value is -0.920. The highest BCUT2D eigenvalue weighted by Gasteiger charge is 2.08. The fourth-order valence-electron chi connectivity index (χ4n) is 1.54. The molecular weight excluding hydrogens is 160 g/mol. The zero-order chi connectivity index (χ0) is 10.0. The maximum Gasteiger partial charge on any atom is 0.131 e. The molecule has 1 rings (SSSR count). The van der Waals surface area contributed by atoms with Gasteiger partial charge in [-0.25, -0.2) is 9.97 Å². The van der Waals surface area contributed by atoms with Crippen molar-refractivity contribution in [2.45, 2.75) is 47.0 Å². The van der Waals surface area contributed by atoms with Crippen LogP contribution in [0.5, 0.6) is 0 Å². The van der Waals surface area contributed by atoms with Crippen molar-refractivity contribution in [3.8, 4) is 0 Å². The molecule has 0 spiro atoms. The van der Waals surface area contributed by atoms with Gasteiger partial charge in [-0.05, 0) is 25.8 Å². The third kappa shape index (κ3) is 2.06. The Labute approximate surface area is 80.4 Å². The highest BCUT2D eigenvalue weighted by molar-refractivity contribution is 5.24. The van der Waals surface area contributed by atoms with Crippen LogP contribution in [0.25, 0.3) is 0 Å². The molecular formula is C11H18N2. The quantitative estimate of drug-likeness (QED) is 0.696. The molecule has 0 aliphatic carbocycles. The molecule has 0 atom stereocenters. The van der Waals surface area contributed by atoms with Crippen molar-refractivity contribution in [3.05, 3.63) is 22.8 Å². The summed E-state index contributed by atoms with van der Waals surface area (Å²) in [7, 11) is 0. The van der Waals surface area contributed by atoms with Gasteiger partial charge in [-0.2, -0.15) is 0 Å². The SMILES string of the molecule is CCc1c(C)nc(C(C)C)nc1C. The lowest BCUT2D eigenvalue weighted by Gasteiger charge is -2.10. The molecule has 2 nitrogen and oxygen atoms in total. The molecule has 0 saturated heterocycles. The summed E-state index contributed by atoms with van der Waals surface area (Å²) in [6.45, 7) is 10.5. The topological polar surface area (TPSA) is 25.8 Å². The van der Waals surface area contributed by atoms with Crippen LogP contribution in [0.15, 0.2) is 0 Å². The molecule has 0 N–H and O–H groups in total. The van der Waals surface area contributed by atoms with Gasteiger partial charge < -0.3 is 0 Å². The van der Waals surface area contributed by atoms with E-state index in [9.17, 15) is 0 Å². The molecule has 13 heavy (non-hydrogen) atoms. The van der Waals surface area contributed by atoms with Crippen LogP contribution in [0.4, 0.5) is 0 Å². The van der Waals surface area contributed by atoms with Gasteiger partial charge in [-0.1, -0.05) is 20.8 Å². The van der Waals surface area contributed by atoms with E-state index in [2.05, 4.69) is 44.6 Å². The van der Waals surface area contributed by atoms with Crippen LogP contribution in [0.3, 0.4) is 0 Å². The number of nitrogens with zero attached hydrogens (tertiary/aromatic N) is 2. The molecule has 1 aromatic rings. The maximum absolute atomic E-state index is 4.49. The van der Waals surface area contributed by atoms with Gasteiger partial charge in [0.2, 0.25) is 0 Å². The number of rotatable bonds is 2. The molecule has 0 bridgehead atoms. The van der Waals surface area contributed by atoms with Gasteiger partial charge in [0.1, 0.15) is 5.82 Å². The minimum absolute atomic E-state index is 0.420. The fourth-order valence-corrected chi connectivity index (χ4v) is 1.54. The Balaban J connectivity index is 3.20. The average molecular weight is 178 g/mol. The van der Waals surface area contributed by atoms with Crippen LogP contribution < -0.4 is 0 Å². The third-order valence-electron chi connectivity index (χ3n) is 2.31. The van der Waals surface area contributed by atoms with Crippen molar-refractivity contribution in [1.82, 2.24) is 9.97 Å². The van der Waals surface area contributed by atoms with Crippen molar-refractivity contribution in [3.63, 3.8) is 0 Å². The van der Waals surface area contributed by atoms with Gasteiger partial charge >= 0.3 is 0 Å². The second-order valence-corrected chi connectivity index (χ2v) is 3.74. The molecule has 0 amide bonds. The average Bonchev–Trinajstić information content (AvgIpc) is 2.03. The van der Waals surface area contributed by atoms with E-state index in [1.807, 2.05) is 0 Å². The van der Waals surface area contributed by atoms with Crippen LogP contribution in [0.2, 0.25) is 0 Å². The Morgan fingerprint density at radius 1 is 1.08 bits per heavy atom. The molecule has 0 aromatic carbocycles. The summed E-state index contributed by atoms with van der Waals surface area (Å²) < 4.78 is 0. The van der Waals surface area contributed by atoms with E-state index in [4.69, 9.17) is 0 Å². The minimum Gasteiger partial charge on any atom is -0.238 e. The summed E-state index contributed by atoms with van der Waals surface area (Å²) in [6.07, 6.45) is 1.02. The lowest BCUT2D eigenvalue weighted by atomic mass is 10.1. The van der Waals surface area contributed by atoms with E-state index >= 15 is 0 Å².